The minimum Gasteiger partial charge on any atom is -0.373 e. The van der Waals surface area contributed by atoms with Crippen molar-refractivity contribution in [3.05, 3.63) is 35.9 Å². The molecule has 2 aliphatic rings. The molecule has 5 heteroatoms. The Kier molecular flexibility index (Phi) is 4.10. The zero-order chi connectivity index (χ0) is 13.1. The van der Waals surface area contributed by atoms with Crippen LogP contribution in [0.2, 0.25) is 0 Å². The van der Waals surface area contributed by atoms with Gasteiger partial charge in [-0.3, -0.25) is 0 Å². The highest BCUT2D eigenvalue weighted by Crippen LogP contribution is 2.27. The molecule has 2 aliphatic heterocycles. The zero-order valence-electron chi connectivity index (χ0n) is 10.6. The van der Waals surface area contributed by atoms with Crippen molar-refractivity contribution >= 4 is 0 Å². The van der Waals surface area contributed by atoms with E-state index in [-0.39, 0.29) is 18.3 Å². The maximum absolute atomic E-state index is 9.48. The first-order valence-electron chi connectivity index (χ1n) is 6.55. The van der Waals surface area contributed by atoms with Crippen molar-refractivity contribution < 1.29 is 24.1 Å². The fourth-order valence-electron chi connectivity index (χ4n) is 2.45. The van der Waals surface area contributed by atoms with E-state index in [0.29, 0.717) is 26.2 Å². The molecule has 19 heavy (non-hydrogen) atoms. The van der Waals surface area contributed by atoms with E-state index in [1.54, 1.807) is 0 Å². The Bertz CT molecular complexity index is 396. The van der Waals surface area contributed by atoms with Crippen LogP contribution in [-0.2, 0) is 25.6 Å². The van der Waals surface area contributed by atoms with Gasteiger partial charge in [0, 0.05) is 0 Å². The van der Waals surface area contributed by atoms with Crippen LogP contribution in [0.15, 0.2) is 30.3 Å². The molecule has 2 fully saturated rings. The molecule has 5 nitrogen and oxygen atoms in total. The first kappa shape index (κ1) is 13.0. The molecule has 2 saturated heterocycles. The monoisotopic (exact) mass is 266 g/mol. The summed E-state index contributed by atoms with van der Waals surface area (Å²) in [6, 6.07) is 9.96. The Morgan fingerprint density at radius 1 is 1.21 bits per heavy atom. The lowest BCUT2D eigenvalue weighted by Gasteiger charge is -2.22. The molecule has 3 rings (SSSR count). The van der Waals surface area contributed by atoms with Crippen LogP contribution >= 0.6 is 0 Å². The van der Waals surface area contributed by atoms with Gasteiger partial charge >= 0.3 is 0 Å². The molecule has 104 valence electrons. The number of fused-ring (bicyclic) bond motifs is 1. The molecule has 0 radical (unpaired) electrons. The molecule has 0 amide bonds. The van der Waals surface area contributed by atoms with Crippen LogP contribution in [0, 0.1) is 0 Å². The molecule has 1 unspecified atom stereocenters. The van der Waals surface area contributed by atoms with Crippen LogP contribution in [0.3, 0.4) is 0 Å². The van der Waals surface area contributed by atoms with Crippen molar-refractivity contribution in [3.63, 3.8) is 0 Å². The number of aliphatic hydroxyl groups is 1. The molecule has 1 aromatic rings. The van der Waals surface area contributed by atoms with E-state index in [4.69, 9.17) is 18.9 Å². The van der Waals surface area contributed by atoms with Gasteiger partial charge in [-0.25, -0.2) is 0 Å². The smallest absolute Gasteiger partial charge is 0.269 e. The molecule has 0 saturated carbocycles. The van der Waals surface area contributed by atoms with Crippen molar-refractivity contribution in [1.29, 1.82) is 0 Å². The average molecular weight is 266 g/mol. The summed E-state index contributed by atoms with van der Waals surface area (Å²) in [4.78, 5) is 0. The first-order chi connectivity index (χ1) is 9.33. The largest absolute Gasteiger partial charge is 0.373 e. The Morgan fingerprint density at radius 2 is 2.05 bits per heavy atom. The highest BCUT2D eigenvalue weighted by Gasteiger charge is 2.41. The summed E-state index contributed by atoms with van der Waals surface area (Å²) in [6.07, 6.45) is 0.230. The van der Waals surface area contributed by atoms with E-state index in [1.165, 1.54) is 0 Å². The van der Waals surface area contributed by atoms with Crippen LogP contribution in [0.4, 0.5) is 0 Å². The van der Waals surface area contributed by atoms with Crippen LogP contribution in [0.1, 0.15) is 12.0 Å². The average Bonchev–Trinajstić information content (AvgIpc) is 2.70. The van der Waals surface area contributed by atoms with E-state index >= 15 is 0 Å². The van der Waals surface area contributed by atoms with Crippen molar-refractivity contribution in [3.8, 4) is 0 Å². The highest BCUT2D eigenvalue weighted by molar-refractivity contribution is 5.13. The highest BCUT2D eigenvalue weighted by atomic mass is 16.8. The lowest BCUT2D eigenvalue weighted by Crippen LogP contribution is -2.36. The molecule has 0 spiro atoms. The summed E-state index contributed by atoms with van der Waals surface area (Å²) in [5.41, 5.74) is 1.11. The standard InChI is InChI=1S/C14H18O5/c15-14-16-7-6-11-13(19-14)12(9-18-11)17-8-10-4-2-1-3-5-10/h1-5,11-15H,6-9H2/t11-,12-,13+,14?/m1/s1. The van der Waals surface area contributed by atoms with Gasteiger partial charge in [-0.2, -0.15) is 0 Å². The molecule has 0 aliphatic carbocycles. The second kappa shape index (κ2) is 5.98. The van der Waals surface area contributed by atoms with E-state index < -0.39 is 6.48 Å². The summed E-state index contributed by atoms with van der Waals surface area (Å²) in [5.74, 6) is 0. The first-order valence-corrected chi connectivity index (χ1v) is 6.55. The molecule has 1 N–H and O–H groups in total. The third-order valence-corrected chi connectivity index (χ3v) is 3.45. The Hall–Kier alpha value is -0.980. The molecule has 1 aromatic carbocycles. The molecule has 2 heterocycles. The van der Waals surface area contributed by atoms with E-state index in [1.807, 2.05) is 30.3 Å². The predicted octanol–water partition coefficient (Wildman–Crippen LogP) is 1.05. The van der Waals surface area contributed by atoms with Gasteiger partial charge in [-0.15, -0.1) is 0 Å². The molecule has 4 atom stereocenters. The molecular weight excluding hydrogens is 248 g/mol. The van der Waals surface area contributed by atoms with Gasteiger partial charge in [0.25, 0.3) is 6.48 Å². The summed E-state index contributed by atoms with van der Waals surface area (Å²) in [7, 11) is 0. The van der Waals surface area contributed by atoms with Gasteiger partial charge in [0.1, 0.15) is 12.2 Å². The second-order valence-electron chi connectivity index (χ2n) is 4.77. The van der Waals surface area contributed by atoms with E-state index in [9.17, 15) is 5.11 Å². The number of aliphatic hydroxyl groups excluding tert-OH is 1. The van der Waals surface area contributed by atoms with E-state index in [0.717, 1.165) is 5.56 Å². The SMILES string of the molecule is OC1OCC[C@H]2OC[C@@H](OCc3ccccc3)[C@H]2O1. The molecule has 0 bridgehead atoms. The Balaban J connectivity index is 1.59. The Labute approximate surface area is 112 Å². The quantitative estimate of drug-likeness (QED) is 0.886. The summed E-state index contributed by atoms with van der Waals surface area (Å²) >= 11 is 0. The second-order valence-corrected chi connectivity index (χ2v) is 4.77. The maximum atomic E-state index is 9.48. The summed E-state index contributed by atoms with van der Waals surface area (Å²) in [6.45, 7) is 0.264. The maximum Gasteiger partial charge on any atom is 0.269 e. The predicted molar refractivity (Wildman–Crippen MR) is 66.2 cm³/mol. The van der Waals surface area contributed by atoms with Crippen molar-refractivity contribution in [2.24, 2.45) is 0 Å². The van der Waals surface area contributed by atoms with Crippen LogP contribution in [-0.4, -0.2) is 43.1 Å². The minimum absolute atomic E-state index is 0.0575. The molecule has 0 aromatic heterocycles. The fraction of sp³-hybridized carbons (Fsp3) is 0.571. The van der Waals surface area contributed by atoms with Gasteiger partial charge in [-0.05, 0) is 12.0 Å². The normalized spacial score (nSPS) is 34.8. The number of hydrogen-bond acceptors (Lipinski definition) is 5. The van der Waals surface area contributed by atoms with Crippen molar-refractivity contribution in [2.75, 3.05) is 13.2 Å². The third kappa shape index (κ3) is 3.13. The lowest BCUT2D eigenvalue weighted by molar-refractivity contribution is -0.281. The number of hydrogen-bond donors (Lipinski definition) is 1. The topological polar surface area (TPSA) is 57.2 Å². The lowest BCUT2D eigenvalue weighted by atomic mass is 10.1. The third-order valence-electron chi connectivity index (χ3n) is 3.45. The Morgan fingerprint density at radius 3 is 2.89 bits per heavy atom. The van der Waals surface area contributed by atoms with E-state index in [2.05, 4.69) is 0 Å². The van der Waals surface area contributed by atoms with Crippen LogP contribution in [0.5, 0.6) is 0 Å². The number of benzene rings is 1. The van der Waals surface area contributed by atoms with Crippen molar-refractivity contribution in [2.45, 2.75) is 37.8 Å². The molecular formula is C14H18O5. The number of rotatable bonds is 3. The zero-order valence-corrected chi connectivity index (χ0v) is 10.6. The minimum atomic E-state index is -1.18. The van der Waals surface area contributed by atoms with Gasteiger partial charge in [0.05, 0.1) is 25.9 Å². The van der Waals surface area contributed by atoms with Crippen LogP contribution < -0.4 is 0 Å². The van der Waals surface area contributed by atoms with Gasteiger partial charge in [0.15, 0.2) is 0 Å². The van der Waals surface area contributed by atoms with Crippen molar-refractivity contribution in [1.82, 2.24) is 0 Å². The fourth-order valence-corrected chi connectivity index (χ4v) is 2.45. The van der Waals surface area contributed by atoms with Gasteiger partial charge < -0.3 is 24.1 Å². The number of ether oxygens (including phenoxy) is 4. The van der Waals surface area contributed by atoms with Gasteiger partial charge in [0.2, 0.25) is 0 Å². The summed E-state index contributed by atoms with van der Waals surface area (Å²) < 4.78 is 22.0. The van der Waals surface area contributed by atoms with Crippen LogP contribution in [0.25, 0.3) is 0 Å². The van der Waals surface area contributed by atoms with Gasteiger partial charge in [-0.1, -0.05) is 30.3 Å². The summed E-state index contributed by atoms with van der Waals surface area (Å²) in [5, 5.41) is 9.48.